The van der Waals surface area contributed by atoms with Gasteiger partial charge in [-0.05, 0) is 12.1 Å². The van der Waals surface area contributed by atoms with Crippen LogP contribution in [0.2, 0.25) is 0 Å². The van der Waals surface area contributed by atoms with Gasteiger partial charge in [-0.15, -0.1) is 0 Å². The van der Waals surface area contributed by atoms with Crippen molar-refractivity contribution in [1.29, 1.82) is 0 Å². The molecule has 0 saturated carbocycles. The van der Waals surface area contributed by atoms with Crippen LogP contribution in [-0.4, -0.2) is 40.6 Å². The van der Waals surface area contributed by atoms with Gasteiger partial charge in [0.1, 0.15) is 12.4 Å². The van der Waals surface area contributed by atoms with Crippen molar-refractivity contribution < 1.29 is 4.74 Å². The van der Waals surface area contributed by atoms with E-state index in [1.54, 1.807) is 30.7 Å². The Morgan fingerprint density at radius 1 is 1.31 bits per heavy atom. The molecule has 0 bridgehead atoms. The van der Waals surface area contributed by atoms with E-state index in [2.05, 4.69) is 25.4 Å². The summed E-state index contributed by atoms with van der Waals surface area (Å²) in [7, 11) is 5.23. The number of pyridine rings is 1. The van der Waals surface area contributed by atoms with E-state index in [0.717, 1.165) is 5.69 Å². The molecule has 0 aliphatic heterocycles. The van der Waals surface area contributed by atoms with Crippen LogP contribution >= 0.6 is 0 Å². The van der Waals surface area contributed by atoms with Crippen molar-refractivity contribution in [3.05, 3.63) is 51.5 Å². The number of nitrogens with zero attached hydrogens (tertiary/aromatic N) is 6. The maximum Gasteiger partial charge on any atom is 0.265 e. The Labute approximate surface area is 148 Å². The van der Waals surface area contributed by atoms with E-state index in [9.17, 15) is 9.70 Å². The lowest BCUT2D eigenvalue weighted by Crippen LogP contribution is -2.22. The van der Waals surface area contributed by atoms with E-state index in [1.807, 2.05) is 19.0 Å². The van der Waals surface area contributed by atoms with Crippen molar-refractivity contribution in [2.75, 3.05) is 31.4 Å². The number of rotatable bonds is 6. The summed E-state index contributed by atoms with van der Waals surface area (Å²) in [5, 5.41) is 5.72. The highest BCUT2D eigenvalue weighted by Crippen LogP contribution is 2.21. The summed E-state index contributed by atoms with van der Waals surface area (Å²) in [4.78, 5) is 38.2. The zero-order valence-electron chi connectivity index (χ0n) is 14.5. The van der Waals surface area contributed by atoms with Gasteiger partial charge in [0, 0.05) is 20.3 Å². The largest absolute Gasteiger partial charge is 0.493 e. The highest BCUT2D eigenvalue weighted by atomic mass is 16.5. The number of fused-ring (bicyclic) bond motifs is 1. The summed E-state index contributed by atoms with van der Waals surface area (Å²) in [5.74, 6) is 0.827. The number of hydrogen-bond donors (Lipinski definition) is 1. The minimum absolute atomic E-state index is 0.117. The Morgan fingerprint density at radius 3 is 2.65 bits per heavy atom. The van der Waals surface area contributed by atoms with Crippen molar-refractivity contribution in [2.45, 2.75) is 6.54 Å². The van der Waals surface area contributed by atoms with Crippen LogP contribution in [-0.2, 0) is 6.54 Å². The fourth-order valence-corrected chi connectivity index (χ4v) is 2.37. The lowest BCUT2D eigenvalue weighted by molar-refractivity contribution is 0.416. The average molecular weight is 355 g/mol. The van der Waals surface area contributed by atoms with Crippen molar-refractivity contribution in [1.82, 2.24) is 19.4 Å². The molecule has 0 amide bonds. The van der Waals surface area contributed by atoms with E-state index < -0.39 is 5.56 Å². The second-order valence-electron chi connectivity index (χ2n) is 5.59. The van der Waals surface area contributed by atoms with Gasteiger partial charge in [0.2, 0.25) is 5.95 Å². The van der Waals surface area contributed by atoms with Gasteiger partial charge >= 0.3 is 0 Å². The molecule has 0 unspecified atom stereocenters. The summed E-state index contributed by atoms with van der Waals surface area (Å²) in [5.41, 5.74) is 0.826. The smallest absolute Gasteiger partial charge is 0.265 e. The van der Waals surface area contributed by atoms with Gasteiger partial charge in [-0.2, -0.15) is 4.91 Å². The minimum Gasteiger partial charge on any atom is -0.493 e. The van der Waals surface area contributed by atoms with Gasteiger partial charge in [0.05, 0.1) is 30.8 Å². The normalized spacial score (nSPS) is 10.6. The quantitative estimate of drug-likeness (QED) is 0.663. The molecule has 3 aromatic heterocycles. The summed E-state index contributed by atoms with van der Waals surface area (Å²) < 4.78 is 6.56. The van der Waals surface area contributed by atoms with Gasteiger partial charge < -0.3 is 15.0 Å². The maximum atomic E-state index is 12.7. The lowest BCUT2D eigenvalue weighted by Gasteiger charge is -2.13. The molecular formula is C16H17N7O3. The molecule has 0 spiro atoms. The monoisotopic (exact) mass is 355 g/mol. The van der Waals surface area contributed by atoms with Crippen LogP contribution in [0.25, 0.3) is 5.65 Å². The molecule has 0 saturated heterocycles. The second kappa shape index (κ2) is 7.13. The van der Waals surface area contributed by atoms with E-state index in [0.29, 0.717) is 11.4 Å². The molecule has 0 aliphatic carbocycles. The zero-order valence-corrected chi connectivity index (χ0v) is 14.5. The average Bonchev–Trinajstić information content (AvgIpc) is 2.65. The minimum atomic E-state index is -0.416. The Morgan fingerprint density at radius 2 is 2.04 bits per heavy atom. The number of hydrogen-bond acceptors (Lipinski definition) is 9. The molecular weight excluding hydrogens is 338 g/mol. The summed E-state index contributed by atoms with van der Waals surface area (Å²) in [6.07, 6.45) is 4.80. The van der Waals surface area contributed by atoms with Crippen molar-refractivity contribution in [3.63, 3.8) is 0 Å². The maximum absolute atomic E-state index is 12.7. The summed E-state index contributed by atoms with van der Waals surface area (Å²) in [6, 6.07) is 3.34. The van der Waals surface area contributed by atoms with Gasteiger partial charge in [0.15, 0.2) is 11.4 Å². The number of ether oxygens (including phenoxy) is 1. The standard InChI is InChI=1S/C16H17N7O3/c1-22(2)10-7-17-16(18-8-10)21-13-11(9-19-25)15(24)23-6-4-5-12(26-3)14(23)20-13/h4-8H,9H2,1-3H3,(H,17,18,21). The molecule has 10 heteroatoms. The molecule has 10 nitrogen and oxygen atoms in total. The van der Waals surface area contributed by atoms with Crippen molar-refractivity contribution in [3.8, 4) is 5.75 Å². The van der Waals surface area contributed by atoms with Crippen LogP contribution in [0.1, 0.15) is 5.56 Å². The molecule has 3 aromatic rings. The Balaban J connectivity index is 2.12. The van der Waals surface area contributed by atoms with Crippen LogP contribution in [0.4, 0.5) is 17.5 Å². The fraction of sp³-hybridized carbons (Fsp3) is 0.250. The predicted molar refractivity (Wildman–Crippen MR) is 97.2 cm³/mol. The van der Waals surface area contributed by atoms with Gasteiger partial charge in [-0.1, -0.05) is 5.18 Å². The first-order valence-electron chi connectivity index (χ1n) is 7.69. The lowest BCUT2D eigenvalue weighted by atomic mass is 10.3. The third-order valence-electron chi connectivity index (χ3n) is 3.74. The molecule has 0 radical (unpaired) electrons. The van der Waals surface area contributed by atoms with Crippen LogP contribution < -0.4 is 20.5 Å². The molecule has 134 valence electrons. The van der Waals surface area contributed by atoms with Crippen LogP contribution in [0.5, 0.6) is 5.75 Å². The van der Waals surface area contributed by atoms with Crippen LogP contribution in [0.3, 0.4) is 0 Å². The van der Waals surface area contributed by atoms with Crippen molar-refractivity contribution in [2.24, 2.45) is 5.18 Å². The zero-order chi connectivity index (χ0) is 18.7. The molecule has 26 heavy (non-hydrogen) atoms. The number of nitroso groups, excluding NO2 is 1. The summed E-state index contributed by atoms with van der Waals surface area (Å²) in [6.45, 7) is -0.329. The highest BCUT2D eigenvalue weighted by molar-refractivity contribution is 5.62. The fourth-order valence-electron chi connectivity index (χ4n) is 2.37. The molecule has 0 atom stereocenters. The van der Waals surface area contributed by atoms with Crippen LogP contribution in [0.15, 0.2) is 40.7 Å². The van der Waals surface area contributed by atoms with Gasteiger partial charge in [-0.3, -0.25) is 9.20 Å². The van der Waals surface area contributed by atoms with E-state index in [4.69, 9.17) is 4.74 Å². The van der Waals surface area contributed by atoms with Crippen LogP contribution in [0, 0.1) is 4.91 Å². The SMILES string of the molecule is COc1cccn2c(=O)c(CN=O)c(Nc3ncc(N(C)C)cn3)nc12. The molecule has 0 aromatic carbocycles. The second-order valence-corrected chi connectivity index (χ2v) is 5.59. The molecule has 0 fully saturated rings. The Bertz CT molecular complexity index is 999. The van der Waals surface area contributed by atoms with Gasteiger partial charge in [-0.25, -0.2) is 15.0 Å². The third kappa shape index (κ3) is 3.16. The number of anilines is 3. The molecule has 0 aliphatic rings. The molecule has 1 N–H and O–H groups in total. The van der Waals surface area contributed by atoms with Gasteiger partial charge in [0.25, 0.3) is 5.56 Å². The highest BCUT2D eigenvalue weighted by Gasteiger charge is 2.16. The summed E-state index contributed by atoms with van der Waals surface area (Å²) >= 11 is 0. The Kier molecular flexibility index (Phi) is 4.74. The third-order valence-corrected chi connectivity index (χ3v) is 3.74. The van der Waals surface area contributed by atoms with Crippen molar-refractivity contribution >= 4 is 23.1 Å². The first-order chi connectivity index (χ1) is 12.5. The topological polar surface area (TPSA) is 114 Å². The number of nitrogens with one attached hydrogen (secondary N) is 1. The van der Waals surface area contributed by atoms with E-state index in [1.165, 1.54) is 11.5 Å². The first-order valence-corrected chi connectivity index (χ1v) is 7.69. The number of methoxy groups -OCH3 is 1. The number of aromatic nitrogens is 4. The van der Waals surface area contributed by atoms with E-state index >= 15 is 0 Å². The first kappa shape index (κ1) is 17.3. The molecule has 3 rings (SSSR count). The molecule has 3 heterocycles. The predicted octanol–water partition coefficient (Wildman–Crippen LogP) is 1.57. The van der Waals surface area contributed by atoms with E-state index in [-0.39, 0.29) is 23.9 Å². The Hall–Kier alpha value is -3.56.